The molecule has 0 heterocycles. The number of carboxylic acid groups (broad SMARTS) is 1. The maximum absolute atomic E-state index is 11.0. The molecule has 1 aromatic rings. The largest absolute Gasteiger partial charge is 0.480 e. The molecule has 17 heavy (non-hydrogen) atoms. The maximum Gasteiger partial charge on any atom is 0.323 e. The summed E-state index contributed by atoms with van der Waals surface area (Å²) in [5.74, 6) is -0.912. The number of rotatable bonds is 5. The van der Waals surface area contributed by atoms with Gasteiger partial charge in [0.15, 0.2) is 0 Å². The van der Waals surface area contributed by atoms with E-state index in [0.717, 1.165) is 5.56 Å². The van der Waals surface area contributed by atoms with Crippen molar-refractivity contribution in [2.24, 2.45) is 5.41 Å². The third kappa shape index (κ3) is 4.54. The van der Waals surface area contributed by atoms with Crippen molar-refractivity contribution in [1.29, 1.82) is 0 Å². The second-order valence-corrected chi connectivity index (χ2v) is 5.03. The van der Waals surface area contributed by atoms with E-state index in [9.17, 15) is 4.79 Å². The van der Waals surface area contributed by atoms with Crippen LogP contribution in [0.5, 0.6) is 0 Å². The average Bonchev–Trinajstić information content (AvgIpc) is 2.23. The highest BCUT2D eigenvalue weighted by Crippen LogP contribution is 2.19. The molecule has 1 rings (SSSR count). The average molecular weight is 237 g/mol. The number of carbonyl (C=O) groups is 1. The first-order valence-electron chi connectivity index (χ1n) is 5.55. The number of carboxylic acids is 1. The maximum atomic E-state index is 11.0. The summed E-state index contributed by atoms with van der Waals surface area (Å²) in [4.78, 5) is 16.3. The van der Waals surface area contributed by atoms with Crippen molar-refractivity contribution in [2.45, 2.75) is 33.4 Å². The standard InChI is InChI=1S/C13H19NO3/c1-13(2,3)11(12(15)16)14-17-9-10-7-5-4-6-8-10/h4-8,11,14H,9H2,1-3H3,(H,15,16)/t11-/m1/s1. The minimum absolute atomic E-state index is 0.348. The molecule has 0 saturated heterocycles. The first-order valence-corrected chi connectivity index (χ1v) is 5.55. The topological polar surface area (TPSA) is 58.6 Å². The van der Waals surface area contributed by atoms with Gasteiger partial charge in [0.05, 0.1) is 6.61 Å². The van der Waals surface area contributed by atoms with Crippen LogP contribution in [0.1, 0.15) is 26.3 Å². The van der Waals surface area contributed by atoms with Gasteiger partial charge in [-0.1, -0.05) is 51.1 Å². The molecule has 0 bridgehead atoms. The molecule has 0 aliphatic carbocycles. The number of hydrogen-bond donors (Lipinski definition) is 2. The summed E-state index contributed by atoms with van der Waals surface area (Å²) < 4.78 is 0. The van der Waals surface area contributed by atoms with Gasteiger partial charge in [0.2, 0.25) is 0 Å². The Hall–Kier alpha value is -1.39. The fraction of sp³-hybridized carbons (Fsp3) is 0.462. The highest BCUT2D eigenvalue weighted by molar-refractivity contribution is 5.74. The SMILES string of the molecule is CC(C)(C)[C@H](NOCc1ccccc1)C(=O)O. The molecule has 0 aliphatic heterocycles. The van der Waals surface area contributed by atoms with Crippen molar-refractivity contribution in [2.75, 3.05) is 0 Å². The van der Waals surface area contributed by atoms with Gasteiger partial charge < -0.3 is 5.11 Å². The van der Waals surface area contributed by atoms with Crippen molar-refractivity contribution < 1.29 is 14.7 Å². The van der Waals surface area contributed by atoms with E-state index in [1.165, 1.54) is 0 Å². The molecular formula is C13H19NO3. The molecule has 4 nitrogen and oxygen atoms in total. The van der Waals surface area contributed by atoms with Crippen molar-refractivity contribution in [1.82, 2.24) is 5.48 Å². The van der Waals surface area contributed by atoms with Gasteiger partial charge in [0.25, 0.3) is 0 Å². The van der Waals surface area contributed by atoms with Gasteiger partial charge in [-0.25, -0.2) is 0 Å². The summed E-state index contributed by atoms with van der Waals surface area (Å²) in [5.41, 5.74) is 3.21. The van der Waals surface area contributed by atoms with Gasteiger partial charge >= 0.3 is 5.97 Å². The van der Waals surface area contributed by atoms with Gasteiger partial charge in [-0.15, -0.1) is 0 Å². The predicted octanol–water partition coefficient (Wildman–Crippen LogP) is 2.21. The Kier molecular flexibility index (Phi) is 4.66. The number of aliphatic carboxylic acids is 1. The molecule has 2 N–H and O–H groups in total. The van der Waals surface area contributed by atoms with Crippen LogP contribution in [-0.4, -0.2) is 17.1 Å². The second-order valence-electron chi connectivity index (χ2n) is 5.03. The Bertz CT molecular complexity index is 357. The zero-order chi connectivity index (χ0) is 12.9. The minimum Gasteiger partial charge on any atom is -0.480 e. The zero-order valence-electron chi connectivity index (χ0n) is 10.4. The van der Waals surface area contributed by atoms with Crippen LogP contribution in [0.15, 0.2) is 30.3 Å². The number of hydroxylamine groups is 1. The first-order chi connectivity index (χ1) is 7.91. The van der Waals surface area contributed by atoms with Crippen LogP contribution in [-0.2, 0) is 16.2 Å². The van der Waals surface area contributed by atoms with E-state index in [4.69, 9.17) is 9.94 Å². The van der Waals surface area contributed by atoms with Crippen molar-refractivity contribution in [3.63, 3.8) is 0 Å². The molecule has 94 valence electrons. The van der Waals surface area contributed by atoms with Crippen LogP contribution in [0, 0.1) is 5.41 Å². The molecule has 0 amide bonds. The lowest BCUT2D eigenvalue weighted by atomic mass is 9.87. The molecule has 0 aromatic heterocycles. The molecule has 0 spiro atoms. The Balaban J connectivity index is 2.46. The Labute approximate surface area is 102 Å². The number of hydrogen-bond acceptors (Lipinski definition) is 3. The van der Waals surface area contributed by atoms with E-state index in [0.29, 0.717) is 6.61 Å². The second kappa shape index (κ2) is 5.80. The lowest BCUT2D eigenvalue weighted by Gasteiger charge is -2.27. The monoisotopic (exact) mass is 237 g/mol. The third-order valence-electron chi connectivity index (χ3n) is 2.40. The first kappa shape index (κ1) is 13.7. The minimum atomic E-state index is -0.912. The van der Waals surface area contributed by atoms with E-state index in [-0.39, 0.29) is 0 Å². The van der Waals surface area contributed by atoms with Crippen LogP contribution in [0.2, 0.25) is 0 Å². The van der Waals surface area contributed by atoms with Crippen LogP contribution >= 0.6 is 0 Å². The van der Waals surface area contributed by atoms with Crippen molar-refractivity contribution in [3.05, 3.63) is 35.9 Å². The van der Waals surface area contributed by atoms with Gasteiger partial charge in [-0.2, -0.15) is 5.48 Å². The molecule has 0 saturated carbocycles. The number of benzene rings is 1. The summed E-state index contributed by atoms with van der Waals surface area (Å²) in [6.45, 7) is 5.90. The quantitative estimate of drug-likeness (QED) is 0.771. The van der Waals surface area contributed by atoms with Crippen LogP contribution in [0.3, 0.4) is 0 Å². The zero-order valence-corrected chi connectivity index (χ0v) is 10.4. The van der Waals surface area contributed by atoms with Crippen molar-refractivity contribution in [3.8, 4) is 0 Å². The van der Waals surface area contributed by atoms with Crippen molar-refractivity contribution >= 4 is 5.97 Å². The molecule has 0 unspecified atom stereocenters. The van der Waals surface area contributed by atoms with Gasteiger partial charge in [0, 0.05) is 0 Å². The third-order valence-corrected chi connectivity index (χ3v) is 2.40. The summed E-state index contributed by atoms with van der Waals surface area (Å²) in [6.07, 6.45) is 0. The van der Waals surface area contributed by atoms with E-state index in [1.807, 2.05) is 51.1 Å². The Morgan fingerprint density at radius 1 is 1.35 bits per heavy atom. The highest BCUT2D eigenvalue weighted by atomic mass is 16.6. The molecular weight excluding hydrogens is 218 g/mol. The van der Waals surface area contributed by atoms with Gasteiger partial charge in [-0.05, 0) is 11.0 Å². The van der Waals surface area contributed by atoms with Crippen LogP contribution in [0.25, 0.3) is 0 Å². The summed E-state index contributed by atoms with van der Waals surface area (Å²) >= 11 is 0. The Morgan fingerprint density at radius 3 is 2.41 bits per heavy atom. The van der Waals surface area contributed by atoms with E-state index < -0.39 is 17.4 Å². The fourth-order valence-electron chi connectivity index (χ4n) is 1.38. The smallest absolute Gasteiger partial charge is 0.323 e. The molecule has 1 aromatic carbocycles. The van der Waals surface area contributed by atoms with Crippen LogP contribution in [0.4, 0.5) is 0 Å². The van der Waals surface area contributed by atoms with E-state index >= 15 is 0 Å². The summed E-state index contributed by atoms with van der Waals surface area (Å²) in [5, 5.41) is 9.06. The van der Waals surface area contributed by atoms with Gasteiger partial charge in [0.1, 0.15) is 6.04 Å². The molecule has 1 atom stereocenters. The Morgan fingerprint density at radius 2 is 1.94 bits per heavy atom. The highest BCUT2D eigenvalue weighted by Gasteiger charge is 2.31. The lowest BCUT2D eigenvalue weighted by molar-refractivity contribution is -0.149. The van der Waals surface area contributed by atoms with Crippen LogP contribution < -0.4 is 5.48 Å². The predicted molar refractivity (Wildman–Crippen MR) is 65.2 cm³/mol. The normalized spacial score (nSPS) is 13.4. The molecule has 0 aliphatic rings. The summed E-state index contributed by atoms with van der Waals surface area (Å²) in [7, 11) is 0. The summed E-state index contributed by atoms with van der Waals surface area (Å²) in [6, 6.07) is 8.87. The van der Waals surface area contributed by atoms with E-state index in [2.05, 4.69) is 5.48 Å². The molecule has 0 radical (unpaired) electrons. The van der Waals surface area contributed by atoms with Gasteiger partial charge in [-0.3, -0.25) is 9.63 Å². The number of nitrogens with one attached hydrogen (secondary N) is 1. The molecule has 4 heteroatoms. The lowest BCUT2D eigenvalue weighted by Crippen LogP contribution is -2.46. The fourth-order valence-corrected chi connectivity index (χ4v) is 1.38. The van der Waals surface area contributed by atoms with E-state index in [1.54, 1.807) is 0 Å². The molecule has 0 fully saturated rings.